The molecule has 1 N–H and O–H groups in total. The van der Waals surface area contributed by atoms with Crippen LogP contribution in [0.25, 0.3) is 0 Å². The Morgan fingerprint density at radius 1 is 1.13 bits per heavy atom. The van der Waals surface area contributed by atoms with Crippen LogP contribution in [0.15, 0.2) is 0 Å². The van der Waals surface area contributed by atoms with Crippen molar-refractivity contribution in [2.24, 2.45) is 0 Å². The SMILES string of the molecule is CC(=O)NC(CCOC(C)=O)OC(C)=O. The van der Waals surface area contributed by atoms with Crippen LogP contribution in [0.4, 0.5) is 0 Å². The van der Waals surface area contributed by atoms with Crippen molar-refractivity contribution in [1.29, 1.82) is 0 Å². The van der Waals surface area contributed by atoms with Crippen molar-refractivity contribution in [3.63, 3.8) is 0 Å². The highest BCUT2D eigenvalue weighted by Crippen LogP contribution is 1.96. The molecule has 0 aromatic carbocycles. The van der Waals surface area contributed by atoms with Gasteiger partial charge in [0.15, 0.2) is 6.23 Å². The summed E-state index contributed by atoms with van der Waals surface area (Å²) in [5, 5.41) is 2.41. The first-order valence-corrected chi connectivity index (χ1v) is 4.49. The van der Waals surface area contributed by atoms with Gasteiger partial charge in [0.1, 0.15) is 0 Å². The molecule has 0 aliphatic heterocycles. The van der Waals surface area contributed by atoms with E-state index in [4.69, 9.17) is 4.74 Å². The highest BCUT2D eigenvalue weighted by molar-refractivity contribution is 5.73. The molecule has 1 atom stereocenters. The van der Waals surface area contributed by atoms with Gasteiger partial charge >= 0.3 is 11.9 Å². The van der Waals surface area contributed by atoms with Gasteiger partial charge in [-0.25, -0.2) is 0 Å². The minimum Gasteiger partial charge on any atom is -0.466 e. The fourth-order valence-corrected chi connectivity index (χ4v) is 0.897. The fourth-order valence-electron chi connectivity index (χ4n) is 0.897. The van der Waals surface area contributed by atoms with Crippen molar-refractivity contribution in [2.45, 2.75) is 33.4 Å². The molecule has 0 aliphatic carbocycles. The van der Waals surface area contributed by atoms with Gasteiger partial charge < -0.3 is 14.8 Å². The van der Waals surface area contributed by atoms with E-state index >= 15 is 0 Å². The maximum Gasteiger partial charge on any atom is 0.304 e. The van der Waals surface area contributed by atoms with Gasteiger partial charge in [-0.1, -0.05) is 0 Å². The largest absolute Gasteiger partial charge is 0.466 e. The van der Waals surface area contributed by atoms with Gasteiger partial charge in [0.2, 0.25) is 5.91 Å². The van der Waals surface area contributed by atoms with Gasteiger partial charge in [-0.3, -0.25) is 14.4 Å². The highest BCUT2D eigenvalue weighted by atomic mass is 16.6. The average molecular weight is 217 g/mol. The Morgan fingerprint density at radius 2 is 1.73 bits per heavy atom. The maximum atomic E-state index is 10.7. The monoisotopic (exact) mass is 217 g/mol. The number of esters is 2. The molecule has 0 bridgehead atoms. The second-order valence-corrected chi connectivity index (χ2v) is 2.93. The van der Waals surface area contributed by atoms with Crippen LogP contribution in [0, 0.1) is 0 Å². The Labute approximate surface area is 87.9 Å². The molecular weight excluding hydrogens is 202 g/mol. The van der Waals surface area contributed by atoms with E-state index in [-0.39, 0.29) is 18.9 Å². The minimum absolute atomic E-state index is 0.0908. The number of ether oxygens (including phenoxy) is 2. The van der Waals surface area contributed by atoms with E-state index in [1.54, 1.807) is 0 Å². The van der Waals surface area contributed by atoms with Crippen LogP contribution >= 0.6 is 0 Å². The molecule has 0 fully saturated rings. The number of hydrogen-bond donors (Lipinski definition) is 1. The van der Waals surface area contributed by atoms with Crippen LogP contribution in [-0.4, -0.2) is 30.7 Å². The molecular formula is C9H15NO5. The van der Waals surface area contributed by atoms with Crippen LogP contribution in [-0.2, 0) is 23.9 Å². The number of carbonyl (C=O) groups is 3. The number of amides is 1. The zero-order valence-corrected chi connectivity index (χ0v) is 9.03. The van der Waals surface area contributed by atoms with E-state index in [1.165, 1.54) is 20.8 Å². The molecule has 0 aromatic heterocycles. The lowest BCUT2D eigenvalue weighted by molar-refractivity contribution is -0.151. The first-order valence-electron chi connectivity index (χ1n) is 4.49. The second kappa shape index (κ2) is 6.80. The lowest BCUT2D eigenvalue weighted by Crippen LogP contribution is -2.37. The van der Waals surface area contributed by atoms with Crippen LogP contribution in [0.3, 0.4) is 0 Å². The van der Waals surface area contributed by atoms with Crippen molar-refractivity contribution in [1.82, 2.24) is 5.32 Å². The molecule has 86 valence electrons. The molecule has 6 heteroatoms. The summed E-state index contributed by atoms with van der Waals surface area (Å²) in [6.45, 7) is 3.91. The molecule has 0 spiro atoms. The predicted molar refractivity (Wildman–Crippen MR) is 50.6 cm³/mol. The summed E-state index contributed by atoms with van der Waals surface area (Å²) in [7, 11) is 0. The van der Waals surface area contributed by atoms with E-state index < -0.39 is 18.2 Å². The van der Waals surface area contributed by atoms with E-state index in [9.17, 15) is 14.4 Å². The molecule has 0 saturated heterocycles. The predicted octanol–water partition coefficient (Wildman–Crippen LogP) is -0.0351. The van der Waals surface area contributed by atoms with Crippen molar-refractivity contribution >= 4 is 17.8 Å². The minimum atomic E-state index is -0.751. The summed E-state index contributed by atoms with van der Waals surface area (Å²) in [5.41, 5.74) is 0. The molecule has 0 saturated carbocycles. The van der Waals surface area contributed by atoms with Crippen LogP contribution in [0.1, 0.15) is 27.2 Å². The lowest BCUT2D eigenvalue weighted by Gasteiger charge is -2.17. The summed E-state index contributed by atoms with van der Waals surface area (Å²) >= 11 is 0. The fraction of sp³-hybridized carbons (Fsp3) is 0.667. The highest BCUT2D eigenvalue weighted by Gasteiger charge is 2.13. The standard InChI is InChI=1S/C9H15NO5/c1-6(11)10-9(15-8(3)13)4-5-14-7(2)12/h9H,4-5H2,1-3H3,(H,10,11). The first-order chi connectivity index (χ1) is 6.91. The molecule has 15 heavy (non-hydrogen) atoms. The van der Waals surface area contributed by atoms with Crippen molar-refractivity contribution < 1.29 is 23.9 Å². The third-order valence-electron chi connectivity index (χ3n) is 1.36. The van der Waals surface area contributed by atoms with E-state index in [2.05, 4.69) is 10.1 Å². The van der Waals surface area contributed by atoms with Crippen molar-refractivity contribution in [3.8, 4) is 0 Å². The molecule has 1 amide bonds. The maximum absolute atomic E-state index is 10.7. The lowest BCUT2D eigenvalue weighted by atomic mass is 10.4. The van der Waals surface area contributed by atoms with Crippen LogP contribution in [0.5, 0.6) is 0 Å². The Hall–Kier alpha value is -1.59. The smallest absolute Gasteiger partial charge is 0.304 e. The van der Waals surface area contributed by atoms with Gasteiger partial charge in [-0.2, -0.15) is 0 Å². The summed E-state index contributed by atoms with van der Waals surface area (Å²) in [6, 6.07) is 0. The summed E-state index contributed by atoms with van der Waals surface area (Å²) < 4.78 is 9.43. The molecule has 1 unspecified atom stereocenters. The van der Waals surface area contributed by atoms with Crippen LogP contribution in [0.2, 0.25) is 0 Å². The molecule has 0 radical (unpaired) electrons. The van der Waals surface area contributed by atoms with Gasteiger partial charge in [0.05, 0.1) is 6.61 Å². The topological polar surface area (TPSA) is 81.7 Å². The zero-order valence-electron chi connectivity index (χ0n) is 9.03. The Kier molecular flexibility index (Phi) is 6.08. The Morgan fingerprint density at radius 3 is 2.13 bits per heavy atom. The average Bonchev–Trinajstić information content (AvgIpc) is 2.00. The number of hydrogen-bond acceptors (Lipinski definition) is 5. The van der Waals surface area contributed by atoms with Gasteiger partial charge in [-0.15, -0.1) is 0 Å². The van der Waals surface area contributed by atoms with E-state index in [0.29, 0.717) is 0 Å². The summed E-state index contributed by atoms with van der Waals surface area (Å²) in [6.07, 6.45) is -0.516. The number of nitrogens with one attached hydrogen (secondary N) is 1. The quantitative estimate of drug-likeness (QED) is 0.516. The van der Waals surface area contributed by atoms with E-state index in [1.807, 2.05) is 0 Å². The normalized spacial score (nSPS) is 11.4. The number of carbonyl (C=O) groups excluding carboxylic acids is 3. The van der Waals surface area contributed by atoms with Crippen molar-refractivity contribution in [3.05, 3.63) is 0 Å². The zero-order chi connectivity index (χ0) is 11.8. The van der Waals surface area contributed by atoms with E-state index in [0.717, 1.165) is 0 Å². The van der Waals surface area contributed by atoms with Gasteiger partial charge in [0, 0.05) is 27.2 Å². The van der Waals surface area contributed by atoms with Gasteiger partial charge in [-0.05, 0) is 0 Å². The second-order valence-electron chi connectivity index (χ2n) is 2.93. The first kappa shape index (κ1) is 13.4. The van der Waals surface area contributed by atoms with Gasteiger partial charge in [0.25, 0.3) is 0 Å². The third kappa shape index (κ3) is 8.73. The van der Waals surface area contributed by atoms with Crippen molar-refractivity contribution in [2.75, 3.05) is 6.61 Å². The Bertz CT molecular complexity index is 235. The summed E-state index contributed by atoms with van der Waals surface area (Å²) in [5.74, 6) is -1.24. The Balaban J connectivity index is 3.94. The molecule has 0 heterocycles. The number of rotatable bonds is 5. The molecule has 0 aromatic rings. The van der Waals surface area contributed by atoms with Crippen LogP contribution < -0.4 is 5.32 Å². The molecule has 6 nitrogen and oxygen atoms in total. The molecule has 0 rings (SSSR count). The summed E-state index contributed by atoms with van der Waals surface area (Å²) in [4.78, 5) is 31.8. The third-order valence-corrected chi connectivity index (χ3v) is 1.36. The molecule has 0 aliphatic rings.